The molecular formula is C26H31Cl2N3O4. The first kappa shape index (κ1) is 24.6. The lowest BCUT2D eigenvalue weighted by Gasteiger charge is -2.34. The van der Waals surface area contributed by atoms with Crippen LogP contribution in [0.4, 0.5) is 5.69 Å². The van der Waals surface area contributed by atoms with E-state index in [1.807, 2.05) is 19.1 Å². The van der Waals surface area contributed by atoms with Crippen molar-refractivity contribution in [3.8, 4) is 0 Å². The van der Waals surface area contributed by atoms with Crippen molar-refractivity contribution < 1.29 is 19.1 Å². The highest BCUT2D eigenvalue weighted by Gasteiger charge is 2.72. The van der Waals surface area contributed by atoms with Gasteiger partial charge in [-0.15, -0.1) is 0 Å². The molecule has 9 heteroatoms. The first-order chi connectivity index (χ1) is 16.9. The molecular weight excluding hydrogens is 489 g/mol. The molecule has 1 aromatic carbocycles. The molecule has 188 valence electrons. The molecule has 35 heavy (non-hydrogen) atoms. The Kier molecular flexibility index (Phi) is 6.85. The third-order valence-corrected chi connectivity index (χ3v) is 8.56. The predicted molar refractivity (Wildman–Crippen MR) is 134 cm³/mol. The summed E-state index contributed by atoms with van der Waals surface area (Å²) in [5, 5.41) is 6.78. The number of hydrogen-bond donors (Lipinski definition) is 2. The topological polar surface area (TPSA) is 87.7 Å². The summed E-state index contributed by atoms with van der Waals surface area (Å²) >= 11 is 12.1. The Hall–Kier alpha value is -2.09. The Morgan fingerprint density at radius 1 is 1.14 bits per heavy atom. The Balaban J connectivity index is 1.42. The lowest BCUT2D eigenvalue weighted by molar-refractivity contribution is -0.141. The van der Waals surface area contributed by atoms with Gasteiger partial charge in [0.1, 0.15) is 11.6 Å². The average Bonchev–Trinajstić information content (AvgIpc) is 3.48. The summed E-state index contributed by atoms with van der Waals surface area (Å²) in [6.07, 6.45) is 10.0. The van der Waals surface area contributed by atoms with Crippen LogP contribution >= 0.6 is 23.2 Å². The van der Waals surface area contributed by atoms with Gasteiger partial charge in [-0.05, 0) is 37.5 Å². The van der Waals surface area contributed by atoms with Gasteiger partial charge in [0.2, 0.25) is 17.7 Å². The molecule has 5 unspecified atom stereocenters. The smallest absolute Gasteiger partial charge is 0.246 e. The number of hydrogen-bond acceptors (Lipinski definition) is 4. The summed E-state index contributed by atoms with van der Waals surface area (Å²) in [4.78, 5) is 42.5. The van der Waals surface area contributed by atoms with Crippen LogP contribution < -0.4 is 10.6 Å². The maximum Gasteiger partial charge on any atom is 0.246 e. The number of halogens is 2. The van der Waals surface area contributed by atoms with Crippen molar-refractivity contribution in [3.63, 3.8) is 0 Å². The van der Waals surface area contributed by atoms with E-state index in [9.17, 15) is 14.4 Å². The van der Waals surface area contributed by atoms with Crippen molar-refractivity contribution in [2.24, 2.45) is 11.8 Å². The quantitative estimate of drug-likeness (QED) is 0.524. The van der Waals surface area contributed by atoms with E-state index in [4.69, 9.17) is 27.9 Å². The number of unbranched alkanes of at least 4 members (excludes halogenated alkanes) is 1. The minimum atomic E-state index is -1.13. The standard InChI is InChI=1S/C26H31Cl2N3O4/c1-2-3-13-31-22(24(33)29-15-7-5-4-6-8-15)26-12-11-19(35-26)20(21(26)25(31)34)23(32)30-16-9-10-17(27)18(28)14-16/h9-12,14-15,19-22H,2-8,13H2,1H3,(H,29,33)(H,30,32). The number of nitrogens with one attached hydrogen (secondary N) is 2. The second-order valence-electron chi connectivity index (χ2n) is 10.0. The number of benzene rings is 1. The van der Waals surface area contributed by atoms with Gasteiger partial charge in [-0.3, -0.25) is 14.4 Å². The lowest BCUT2D eigenvalue weighted by atomic mass is 9.74. The van der Waals surface area contributed by atoms with E-state index in [1.165, 1.54) is 6.42 Å². The second-order valence-corrected chi connectivity index (χ2v) is 10.9. The highest BCUT2D eigenvalue weighted by Crippen LogP contribution is 2.55. The molecule has 3 heterocycles. The Morgan fingerprint density at radius 2 is 1.91 bits per heavy atom. The predicted octanol–water partition coefficient (Wildman–Crippen LogP) is 4.33. The molecule has 3 amide bonds. The molecule has 2 N–H and O–H groups in total. The second kappa shape index (κ2) is 9.75. The Labute approximate surface area is 215 Å². The number of amides is 3. The van der Waals surface area contributed by atoms with Gasteiger partial charge < -0.3 is 20.3 Å². The summed E-state index contributed by atoms with van der Waals surface area (Å²) in [7, 11) is 0. The van der Waals surface area contributed by atoms with Crippen LogP contribution in [0.2, 0.25) is 10.0 Å². The number of carbonyl (C=O) groups is 3. The Morgan fingerprint density at radius 3 is 2.63 bits per heavy atom. The molecule has 2 bridgehead atoms. The number of likely N-dealkylation sites (tertiary alicyclic amines) is 1. The summed E-state index contributed by atoms with van der Waals surface area (Å²) in [5.74, 6) is -2.19. The van der Waals surface area contributed by atoms with Crippen LogP contribution in [0.15, 0.2) is 30.4 Å². The summed E-state index contributed by atoms with van der Waals surface area (Å²) in [6, 6.07) is 4.18. The summed E-state index contributed by atoms with van der Waals surface area (Å²) in [5.41, 5.74) is -0.640. The van der Waals surface area contributed by atoms with Crippen molar-refractivity contribution in [1.82, 2.24) is 10.2 Å². The largest absolute Gasteiger partial charge is 0.359 e. The first-order valence-corrected chi connectivity index (χ1v) is 13.3. The Bertz CT molecular complexity index is 1060. The SMILES string of the molecule is CCCCN1C(=O)C2C(C(=O)Nc3ccc(Cl)c(Cl)c3)C3C=CC2(O3)C1C(=O)NC1CCCCC1. The van der Waals surface area contributed by atoms with E-state index in [0.29, 0.717) is 22.3 Å². The molecule has 1 saturated carbocycles. The maximum atomic E-state index is 13.8. The van der Waals surface area contributed by atoms with Crippen LogP contribution in [0, 0.1) is 11.8 Å². The third-order valence-electron chi connectivity index (χ3n) is 7.82. The van der Waals surface area contributed by atoms with Crippen LogP contribution in [0.5, 0.6) is 0 Å². The lowest BCUT2D eigenvalue weighted by Crippen LogP contribution is -2.56. The number of rotatable bonds is 7. The van der Waals surface area contributed by atoms with Gasteiger partial charge in [0.25, 0.3) is 0 Å². The van der Waals surface area contributed by atoms with Crippen LogP contribution in [0.3, 0.4) is 0 Å². The summed E-state index contributed by atoms with van der Waals surface area (Å²) < 4.78 is 6.36. The van der Waals surface area contributed by atoms with Crippen molar-refractivity contribution in [2.75, 3.05) is 11.9 Å². The molecule has 1 spiro atoms. The fourth-order valence-electron chi connectivity index (χ4n) is 6.16. The van der Waals surface area contributed by atoms with Gasteiger partial charge in [0.05, 0.1) is 28.0 Å². The molecule has 7 nitrogen and oxygen atoms in total. The molecule has 1 aliphatic carbocycles. The van der Waals surface area contributed by atoms with Gasteiger partial charge in [0.15, 0.2) is 0 Å². The molecule has 1 aromatic rings. The van der Waals surface area contributed by atoms with Gasteiger partial charge in [-0.1, -0.05) is 68.0 Å². The maximum absolute atomic E-state index is 13.8. The summed E-state index contributed by atoms with van der Waals surface area (Å²) in [6.45, 7) is 2.51. The van der Waals surface area contributed by atoms with E-state index in [2.05, 4.69) is 10.6 Å². The van der Waals surface area contributed by atoms with Gasteiger partial charge >= 0.3 is 0 Å². The zero-order valence-electron chi connectivity index (χ0n) is 19.8. The average molecular weight is 520 g/mol. The normalized spacial score (nSPS) is 31.6. The minimum absolute atomic E-state index is 0.117. The van der Waals surface area contributed by atoms with Crippen molar-refractivity contribution in [2.45, 2.75) is 75.7 Å². The van der Waals surface area contributed by atoms with E-state index >= 15 is 0 Å². The molecule has 4 aliphatic rings. The van der Waals surface area contributed by atoms with Crippen LogP contribution in [0.1, 0.15) is 51.9 Å². The van der Waals surface area contributed by atoms with Crippen LogP contribution in [0.25, 0.3) is 0 Å². The van der Waals surface area contributed by atoms with Crippen molar-refractivity contribution >= 4 is 46.6 Å². The van der Waals surface area contributed by atoms with Crippen LogP contribution in [-0.4, -0.2) is 53.0 Å². The number of carbonyl (C=O) groups excluding carboxylic acids is 3. The highest BCUT2D eigenvalue weighted by atomic mass is 35.5. The third kappa shape index (κ3) is 4.25. The van der Waals surface area contributed by atoms with Crippen LogP contribution in [-0.2, 0) is 19.1 Å². The van der Waals surface area contributed by atoms with Gasteiger partial charge in [-0.25, -0.2) is 0 Å². The number of anilines is 1. The fraction of sp³-hybridized carbons (Fsp3) is 0.577. The molecule has 5 atom stereocenters. The molecule has 2 saturated heterocycles. The zero-order valence-corrected chi connectivity index (χ0v) is 21.3. The molecule has 3 aliphatic heterocycles. The monoisotopic (exact) mass is 519 g/mol. The molecule has 5 rings (SSSR count). The van der Waals surface area contributed by atoms with Gasteiger partial charge in [-0.2, -0.15) is 0 Å². The van der Waals surface area contributed by atoms with E-state index in [1.54, 1.807) is 23.1 Å². The van der Waals surface area contributed by atoms with E-state index in [-0.39, 0.29) is 23.8 Å². The fourth-order valence-corrected chi connectivity index (χ4v) is 6.46. The van der Waals surface area contributed by atoms with E-state index in [0.717, 1.165) is 38.5 Å². The number of nitrogens with zero attached hydrogens (tertiary/aromatic N) is 1. The van der Waals surface area contributed by atoms with E-state index < -0.39 is 29.6 Å². The van der Waals surface area contributed by atoms with Crippen molar-refractivity contribution in [1.29, 1.82) is 0 Å². The zero-order chi connectivity index (χ0) is 24.7. The van der Waals surface area contributed by atoms with Gasteiger partial charge in [0, 0.05) is 18.3 Å². The molecule has 3 fully saturated rings. The minimum Gasteiger partial charge on any atom is -0.359 e. The highest BCUT2D eigenvalue weighted by molar-refractivity contribution is 6.42. The number of ether oxygens (including phenoxy) is 1. The first-order valence-electron chi connectivity index (χ1n) is 12.6. The van der Waals surface area contributed by atoms with Crippen molar-refractivity contribution in [3.05, 3.63) is 40.4 Å². The number of fused-ring (bicyclic) bond motifs is 1. The molecule has 0 aromatic heterocycles. The molecule has 0 radical (unpaired) electrons.